The number of aryl methyl sites for hydroxylation is 1. The second-order valence-electron chi connectivity index (χ2n) is 8.81. The first-order valence-corrected chi connectivity index (χ1v) is 11.6. The summed E-state index contributed by atoms with van der Waals surface area (Å²) in [5, 5.41) is 7.88. The van der Waals surface area contributed by atoms with Crippen LogP contribution in [0.5, 0.6) is 0 Å². The Morgan fingerprint density at radius 3 is 2.42 bits per heavy atom. The summed E-state index contributed by atoms with van der Waals surface area (Å²) < 4.78 is 1.89. The van der Waals surface area contributed by atoms with Crippen molar-refractivity contribution in [3.8, 4) is 0 Å². The zero-order chi connectivity index (χ0) is 21.6. The van der Waals surface area contributed by atoms with E-state index in [1.54, 1.807) is 0 Å². The van der Waals surface area contributed by atoms with Crippen molar-refractivity contribution in [2.45, 2.75) is 32.4 Å². The number of benzene rings is 1. The summed E-state index contributed by atoms with van der Waals surface area (Å²) in [4.78, 5) is 12.0. The highest BCUT2D eigenvalue weighted by molar-refractivity contribution is 5.80. The molecule has 1 atom stereocenters. The quantitative estimate of drug-likeness (QED) is 0.570. The second kappa shape index (κ2) is 10.3. The molecule has 7 nitrogen and oxygen atoms in total. The molecule has 7 heteroatoms. The van der Waals surface area contributed by atoms with Crippen molar-refractivity contribution in [3.63, 3.8) is 0 Å². The molecule has 1 N–H and O–H groups in total. The van der Waals surface area contributed by atoms with Crippen molar-refractivity contribution in [1.82, 2.24) is 29.8 Å². The van der Waals surface area contributed by atoms with Gasteiger partial charge in [-0.25, -0.2) is 0 Å². The maximum Gasteiger partial charge on any atom is 0.193 e. The standard InChI is InChI=1S/C24H37N7/c1-4-29-11-13-30(14-12-29)17-21-7-5-20(6-8-21)15-26-24(25-2)31-10-9-22(19-31)23-16-27-28(3)18-23/h5-8,16,18,22H,4,9-15,17,19H2,1-3H3,(H,25,26). The average Bonchev–Trinajstić information content (AvgIpc) is 3.45. The van der Waals surface area contributed by atoms with E-state index in [9.17, 15) is 0 Å². The molecule has 1 unspecified atom stereocenters. The molecule has 2 aliphatic rings. The van der Waals surface area contributed by atoms with Gasteiger partial charge in [-0.15, -0.1) is 0 Å². The fraction of sp³-hybridized carbons (Fsp3) is 0.583. The Balaban J connectivity index is 1.24. The van der Waals surface area contributed by atoms with Gasteiger partial charge >= 0.3 is 0 Å². The third kappa shape index (κ3) is 5.66. The molecule has 2 fully saturated rings. The van der Waals surface area contributed by atoms with Crippen molar-refractivity contribution >= 4 is 5.96 Å². The van der Waals surface area contributed by atoms with E-state index in [2.05, 4.69) is 67.5 Å². The summed E-state index contributed by atoms with van der Waals surface area (Å²) in [6, 6.07) is 9.06. The van der Waals surface area contributed by atoms with Crippen LogP contribution in [-0.4, -0.2) is 83.3 Å². The van der Waals surface area contributed by atoms with Gasteiger partial charge in [0.05, 0.1) is 6.20 Å². The van der Waals surface area contributed by atoms with Crippen LogP contribution in [0.3, 0.4) is 0 Å². The Hall–Kier alpha value is -2.38. The molecular formula is C24H37N7. The van der Waals surface area contributed by atoms with Gasteiger partial charge in [0.25, 0.3) is 0 Å². The van der Waals surface area contributed by atoms with Crippen LogP contribution in [0.15, 0.2) is 41.7 Å². The van der Waals surface area contributed by atoms with E-state index in [0.717, 1.165) is 38.6 Å². The van der Waals surface area contributed by atoms with Gasteiger partial charge in [-0.3, -0.25) is 14.6 Å². The number of likely N-dealkylation sites (tertiary alicyclic amines) is 1. The molecule has 1 aromatic carbocycles. The number of piperazine rings is 1. The predicted molar refractivity (Wildman–Crippen MR) is 126 cm³/mol. The number of aromatic nitrogens is 2. The van der Waals surface area contributed by atoms with E-state index in [1.165, 1.54) is 49.4 Å². The zero-order valence-electron chi connectivity index (χ0n) is 19.3. The normalized spacial score (nSPS) is 21.1. The average molecular weight is 424 g/mol. The molecule has 2 aliphatic heterocycles. The minimum absolute atomic E-state index is 0.533. The lowest BCUT2D eigenvalue weighted by molar-refractivity contribution is 0.132. The first-order chi connectivity index (χ1) is 15.1. The van der Waals surface area contributed by atoms with E-state index >= 15 is 0 Å². The maximum absolute atomic E-state index is 4.53. The fourth-order valence-corrected chi connectivity index (χ4v) is 4.67. The van der Waals surface area contributed by atoms with E-state index in [-0.39, 0.29) is 0 Å². The summed E-state index contributed by atoms with van der Waals surface area (Å²) >= 11 is 0. The lowest BCUT2D eigenvalue weighted by Gasteiger charge is -2.34. The Kier molecular flexibility index (Phi) is 7.25. The van der Waals surface area contributed by atoms with Crippen LogP contribution in [0.25, 0.3) is 0 Å². The van der Waals surface area contributed by atoms with Crippen molar-refractivity contribution in [2.24, 2.45) is 12.0 Å². The molecule has 4 rings (SSSR count). The van der Waals surface area contributed by atoms with Crippen LogP contribution in [0.2, 0.25) is 0 Å². The number of hydrogen-bond donors (Lipinski definition) is 1. The molecule has 0 spiro atoms. The topological polar surface area (TPSA) is 51.9 Å². The van der Waals surface area contributed by atoms with Gasteiger partial charge in [-0.1, -0.05) is 31.2 Å². The smallest absolute Gasteiger partial charge is 0.193 e. The fourth-order valence-electron chi connectivity index (χ4n) is 4.67. The number of nitrogens with zero attached hydrogens (tertiary/aromatic N) is 6. The molecular weight excluding hydrogens is 386 g/mol. The molecule has 0 saturated carbocycles. The van der Waals surface area contributed by atoms with Crippen molar-refractivity contribution < 1.29 is 0 Å². The zero-order valence-corrected chi connectivity index (χ0v) is 19.3. The number of nitrogens with one attached hydrogen (secondary N) is 1. The Morgan fingerprint density at radius 2 is 1.77 bits per heavy atom. The minimum atomic E-state index is 0.533. The second-order valence-corrected chi connectivity index (χ2v) is 8.81. The van der Waals surface area contributed by atoms with Gasteiger partial charge in [-0.2, -0.15) is 5.10 Å². The molecule has 31 heavy (non-hydrogen) atoms. The van der Waals surface area contributed by atoms with Crippen molar-refractivity contribution in [2.75, 3.05) is 52.9 Å². The minimum Gasteiger partial charge on any atom is -0.352 e. The van der Waals surface area contributed by atoms with Crippen LogP contribution < -0.4 is 5.32 Å². The summed E-state index contributed by atoms with van der Waals surface area (Å²) in [5.41, 5.74) is 4.02. The Morgan fingerprint density at radius 1 is 1.06 bits per heavy atom. The molecule has 0 radical (unpaired) electrons. The monoisotopic (exact) mass is 423 g/mol. The summed E-state index contributed by atoms with van der Waals surface area (Å²) in [5.74, 6) is 1.52. The summed E-state index contributed by atoms with van der Waals surface area (Å²) in [6.45, 7) is 12.0. The SMILES string of the molecule is CCN1CCN(Cc2ccc(CNC(=NC)N3CCC(c4cnn(C)c4)C3)cc2)CC1. The maximum atomic E-state index is 4.53. The highest BCUT2D eigenvalue weighted by Crippen LogP contribution is 2.26. The number of rotatable bonds is 6. The van der Waals surface area contributed by atoms with Crippen LogP contribution in [0.4, 0.5) is 0 Å². The van der Waals surface area contributed by atoms with Gasteiger partial charge in [0.2, 0.25) is 0 Å². The number of guanidine groups is 1. The number of aliphatic imine (C=N–C) groups is 1. The summed E-state index contributed by atoms with van der Waals surface area (Å²) in [7, 11) is 3.86. The van der Waals surface area contributed by atoms with Crippen LogP contribution in [0, 0.1) is 0 Å². The highest BCUT2D eigenvalue weighted by atomic mass is 15.3. The first-order valence-electron chi connectivity index (χ1n) is 11.6. The molecule has 0 bridgehead atoms. The van der Waals surface area contributed by atoms with Crippen molar-refractivity contribution in [3.05, 3.63) is 53.3 Å². The first kappa shape index (κ1) is 21.8. The third-order valence-corrected chi connectivity index (χ3v) is 6.69. The third-order valence-electron chi connectivity index (χ3n) is 6.69. The molecule has 0 aliphatic carbocycles. The van der Waals surface area contributed by atoms with E-state index in [1.807, 2.05) is 25.0 Å². The van der Waals surface area contributed by atoms with Crippen LogP contribution >= 0.6 is 0 Å². The number of likely N-dealkylation sites (N-methyl/N-ethyl adjacent to an activating group) is 1. The van der Waals surface area contributed by atoms with Crippen LogP contribution in [-0.2, 0) is 20.1 Å². The summed E-state index contributed by atoms with van der Waals surface area (Å²) in [6.07, 6.45) is 5.28. The van der Waals surface area contributed by atoms with Gasteiger partial charge in [0.15, 0.2) is 5.96 Å². The molecule has 0 amide bonds. The molecule has 2 saturated heterocycles. The largest absolute Gasteiger partial charge is 0.352 e. The van der Waals surface area contributed by atoms with Gasteiger partial charge in [0.1, 0.15) is 0 Å². The Bertz CT molecular complexity index is 849. The highest BCUT2D eigenvalue weighted by Gasteiger charge is 2.26. The molecule has 2 aromatic rings. The predicted octanol–water partition coefficient (Wildman–Crippen LogP) is 2.12. The lowest BCUT2D eigenvalue weighted by Crippen LogP contribution is -2.45. The van der Waals surface area contributed by atoms with Gasteiger partial charge in [0, 0.05) is 78.6 Å². The Labute approximate surface area is 186 Å². The van der Waals surface area contributed by atoms with E-state index < -0.39 is 0 Å². The molecule has 1 aromatic heterocycles. The van der Waals surface area contributed by atoms with Gasteiger partial charge in [-0.05, 0) is 29.7 Å². The van der Waals surface area contributed by atoms with Gasteiger partial charge < -0.3 is 15.1 Å². The van der Waals surface area contributed by atoms with E-state index in [4.69, 9.17) is 0 Å². The lowest BCUT2D eigenvalue weighted by atomic mass is 10.0. The number of hydrogen-bond acceptors (Lipinski definition) is 4. The molecule has 168 valence electrons. The van der Waals surface area contributed by atoms with Crippen molar-refractivity contribution in [1.29, 1.82) is 0 Å². The van der Waals surface area contributed by atoms with E-state index in [0.29, 0.717) is 5.92 Å². The molecule has 3 heterocycles. The van der Waals surface area contributed by atoms with Crippen LogP contribution in [0.1, 0.15) is 36.0 Å².